The fourth-order valence-electron chi connectivity index (χ4n) is 0.412. The zero-order valence-corrected chi connectivity index (χ0v) is 7.56. The van der Waals surface area contributed by atoms with Crippen LogP contribution in [0.3, 0.4) is 0 Å². The number of esters is 1. The van der Waals surface area contributed by atoms with Crippen LogP contribution in [-0.4, -0.2) is 30.5 Å². The molecule has 0 aliphatic rings. The monoisotopic (exact) mass is 191 g/mol. The summed E-state index contributed by atoms with van der Waals surface area (Å²) in [7, 11) is 1.17. The first-order valence-corrected chi connectivity index (χ1v) is 4.27. The summed E-state index contributed by atoms with van der Waals surface area (Å²) in [6.07, 6.45) is 1.10. The molecule has 0 fully saturated rings. The minimum absolute atomic E-state index is 0.428. The van der Waals surface area contributed by atoms with E-state index in [2.05, 4.69) is 4.74 Å². The van der Waals surface area contributed by atoms with Crippen molar-refractivity contribution in [3.8, 4) is 0 Å². The van der Waals surface area contributed by atoms with Crippen LogP contribution in [0.1, 0.15) is 6.42 Å². The number of methoxy groups -OCH3 is 1. The minimum Gasteiger partial charge on any atom is -0.469 e. The molecule has 0 aromatic rings. The fourth-order valence-corrected chi connectivity index (χ4v) is 0.628. The molecule has 0 aliphatic carbocycles. The van der Waals surface area contributed by atoms with Crippen molar-refractivity contribution in [3.05, 3.63) is 0 Å². The second-order valence-electron chi connectivity index (χ2n) is 1.79. The molecule has 12 heavy (non-hydrogen) atoms. The van der Waals surface area contributed by atoms with Crippen molar-refractivity contribution in [2.24, 2.45) is 0 Å². The number of nitrogens with one attached hydrogen (secondary N) is 1. The third kappa shape index (κ3) is 4.73. The molecule has 5 nitrogen and oxygen atoms in total. The molecule has 0 unspecified atom stereocenters. The van der Waals surface area contributed by atoms with Gasteiger partial charge in [-0.2, -0.15) is 0 Å². The zero-order chi connectivity index (χ0) is 9.56. The number of hydrogen-bond donors (Lipinski definition) is 1. The number of imide groups is 1. The van der Waals surface area contributed by atoms with Crippen LogP contribution in [0.2, 0.25) is 0 Å². The second-order valence-corrected chi connectivity index (χ2v) is 2.57. The van der Waals surface area contributed by atoms with Gasteiger partial charge in [0, 0.05) is 0 Å². The molecule has 0 saturated carbocycles. The first-order valence-electron chi connectivity index (χ1n) is 3.04. The minimum atomic E-state index is -0.665. The first kappa shape index (κ1) is 11.0. The van der Waals surface area contributed by atoms with Crippen molar-refractivity contribution in [1.29, 1.82) is 0 Å². The van der Waals surface area contributed by atoms with Crippen LogP contribution < -0.4 is 5.32 Å². The summed E-state index contributed by atoms with van der Waals surface area (Å²) in [5.74, 6) is -1.32. The van der Waals surface area contributed by atoms with Gasteiger partial charge in [0.1, 0.15) is 6.42 Å². The predicted molar refractivity (Wildman–Crippen MR) is 43.7 cm³/mol. The lowest BCUT2D eigenvalue weighted by molar-refractivity contribution is -0.143. The van der Waals surface area contributed by atoms with Crippen molar-refractivity contribution in [3.63, 3.8) is 0 Å². The summed E-state index contributed by atoms with van der Waals surface area (Å²) in [6.45, 7) is 0. The van der Waals surface area contributed by atoms with Crippen LogP contribution in [0.4, 0.5) is 4.79 Å². The van der Waals surface area contributed by atoms with Crippen molar-refractivity contribution in [2.75, 3.05) is 13.4 Å². The van der Waals surface area contributed by atoms with Gasteiger partial charge in [-0.25, -0.2) is 0 Å². The molecule has 1 N–H and O–H groups in total. The molecule has 68 valence electrons. The van der Waals surface area contributed by atoms with E-state index in [1.165, 1.54) is 13.4 Å². The van der Waals surface area contributed by atoms with Gasteiger partial charge in [-0.3, -0.25) is 19.7 Å². The molecule has 2 amide bonds. The van der Waals surface area contributed by atoms with E-state index in [0.29, 0.717) is 0 Å². The van der Waals surface area contributed by atoms with E-state index in [4.69, 9.17) is 0 Å². The van der Waals surface area contributed by atoms with Crippen LogP contribution >= 0.6 is 11.8 Å². The van der Waals surface area contributed by atoms with Gasteiger partial charge in [-0.05, 0) is 6.26 Å². The van der Waals surface area contributed by atoms with Crippen LogP contribution in [0.15, 0.2) is 0 Å². The molecule has 6 heteroatoms. The highest BCUT2D eigenvalue weighted by Crippen LogP contribution is 1.93. The Labute approximate surface area is 73.8 Å². The van der Waals surface area contributed by atoms with Gasteiger partial charge < -0.3 is 4.74 Å². The summed E-state index contributed by atoms with van der Waals surface area (Å²) < 4.78 is 4.22. The molecule has 0 rings (SSSR count). The van der Waals surface area contributed by atoms with Crippen LogP contribution in [0, 0.1) is 0 Å². The van der Waals surface area contributed by atoms with E-state index in [0.717, 1.165) is 11.8 Å². The molecular weight excluding hydrogens is 182 g/mol. The number of rotatable bonds is 2. The lowest BCUT2D eigenvalue weighted by Crippen LogP contribution is -2.28. The van der Waals surface area contributed by atoms with E-state index >= 15 is 0 Å². The fraction of sp³-hybridized carbons (Fsp3) is 0.500. The van der Waals surface area contributed by atoms with Crippen LogP contribution in [0.25, 0.3) is 0 Å². The van der Waals surface area contributed by atoms with Crippen molar-refractivity contribution < 1.29 is 19.1 Å². The quantitative estimate of drug-likeness (QED) is 0.496. The summed E-state index contributed by atoms with van der Waals surface area (Å²) in [5, 5.41) is 1.50. The largest absolute Gasteiger partial charge is 0.469 e. The molecule has 0 spiro atoms. The van der Waals surface area contributed by atoms with Gasteiger partial charge >= 0.3 is 5.97 Å². The molecule has 0 bridgehead atoms. The van der Waals surface area contributed by atoms with E-state index in [1.807, 2.05) is 5.32 Å². The number of hydrogen-bond acceptors (Lipinski definition) is 5. The molecule has 0 radical (unpaired) electrons. The number of carbonyl (C=O) groups excluding carboxylic acids is 3. The maximum atomic E-state index is 10.7. The summed E-state index contributed by atoms with van der Waals surface area (Å²) in [6, 6.07) is 0. The average molecular weight is 191 g/mol. The third-order valence-corrected chi connectivity index (χ3v) is 1.43. The van der Waals surface area contributed by atoms with Crippen LogP contribution in [0.5, 0.6) is 0 Å². The van der Waals surface area contributed by atoms with E-state index in [-0.39, 0.29) is 0 Å². The normalized spacial score (nSPS) is 8.83. The van der Waals surface area contributed by atoms with Gasteiger partial charge in [0.25, 0.3) is 5.24 Å². The third-order valence-electron chi connectivity index (χ3n) is 0.959. The number of ether oxygens (including phenoxy) is 1. The van der Waals surface area contributed by atoms with Crippen molar-refractivity contribution in [1.82, 2.24) is 5.32 Å². The average Bonchev–Trinajstić information content (AvgIpc) is 2.03. The standard InChI is InChI=1S/C6H9NO4S/c1-11-5(9)3-4(8)7-6(10)12-2/h3H2,1-2H3,(H,7,8,10). The summed E-state index contributed by atoms with van der Waals surface area (Å²) in [5.41, 5.74) is 0. The Morgan fingerprint density at radius 3 is 2.42 bits per heavy atom. The predicted octanol–water partition coefficient (Wildman–Crippen LogP) is 0.149. The van der Waals surface area contributed by atoms with Gasteiger partial charge in [-0.15, -0.1) is 0 Å². The van der Waals surface area contributed by atoms with Crippen molar-refractivity contribution >= 4 is 28.9 Å². The number of amides is 2. The van der Waals surface area contributed by atoms with Gasteiger partial charge in [0.15, 0.2) is 0 Å². The maximum absolute atomic E-state index is 10.7. The lowest BCUT2D eigenvalue weighted by Gasteiger charge is -1.99. The zero-order valence-electron chi connectivity index (χ0n) is 6.75. The Hall–Kier alpha value is -1.04. The van der Waals surface area contributed by atoms with Gasteiger partial charge in [-0.1, -0.05) is 11.8 Å². The van der Waals surface area contributed by atoms with E-state index in [1.54, 1.807) is 0 Å². The van der Waals surface area contributed by atoms with Crippen LogP contribution in [-0.2, 0) is 14.3 Å². The van der Waals surface area contributed by atoms with Crippen molar-refractivity contribution in [2.45, 2.75) is 6.42 Å². The van der Waals surface area contributed by atoms with E-state index < -0.39 is 23.5 Å². The summed E-state index contributed by atoms with van der Waals surface area (Å²) >= 11 is 0.865. The molecule has 0 heterocycles. The molecule has 0 atom stereocenters. The Kier molecular flexibility index (Phi) is 5.11. The number of thioether (sulfide) groups is 1. The SMILES string of the molecule is COC(=O)CC(=O)NC(=O)SC. The number of carbonyl (C=O) groups is 3. The summed E-state index contributed by atoms with van der Waals surface area (Å²) in [4.78, 5) is 31.8. The molecular formula is C6H9NO4S. The lowest BCUT2D eigenvalue weighted by atomic mass is 10.4. The topological polar surface area (TPSA) is 72.5 Å². The Bertz CT molecular complexity index is 184. The first-order chi connectivity index (χ1) is 5.60. The smallest absolute Gasteiger partial charge is 0.315 e. The maximum Gasteiger partial charge on any atom is 0.315 e. The Morgan fingerprint density at radius 2 is 2.00 bits per heavy atom. The molecule has 0 aromatic carbocycles. The molecule has 0 aromatic heterocycles. The molecule has 0 aliphatic heterocycles. The van der Waals surface area contributed by atoms with Gasteiger partial charge in [0.2, 0.25) is 5.91 Å². The highest BCUT2D eigenvalue weighted by atomic mass is 32.2. The highest BCUT2D eigenvalue weighted by Gasteiger charge is 2.11. The molecule has 0 saturated heterocycles. The Morgan fingerprint density at radius 1 is 1.42 bits per heavy atom. The highest BCUT2D eigenvalue weighted by molar-refractivity contribution is 8.13. The Balaban J connectivity index is 3.74. The van der Waals surface area contributed by atoms with E-state index in [9.17, 15) is 14.4 Å². The van der Waals surface area contributed by atoms with Gasteiger partial charge in [0.05, 0.1) is 7.11 Å². The second kappa shape index (κ2) is 5.59.